The molecule has 3 N–H and O–H groups in total. The quantitative estimate of drug-likeness (QED) is 0.748. The molecule has 0 spiro atoms. The standard InChI is InChI=1S/C11H8N2O3S/c12-9-8(17-11(16)13-9)5-6-1-3-7(4-2-6)10(14)15/h1-5H,(H,14,15)(H2,12,13,16). The molecule has 1 aliphatic heterocycles. The second-order valence-corrected chi connectivity index (χ2v) is 4.34. The summed E-state index contributed by atoms with van der Waals surface area (Å²) in [6.45, 7) is 0. The first-order chi connectivity index (χ1) is 8.06. The summed E-state index contributed by atoms with van der Waals surface area (Å²) in [7, 11) is 0. The lowest BCUT2D eigenvalue weighted by Crippen LogP contribution is -2.17. The number of amidine groups is 1. The zero-order valence-electron chi connectivity index (χ0n) is 8.56. The molecule has 0 aromatic heterocycles. The summed E-state index contributed by atoms with van der Waals surface area (Å²) in [5.74, 6) is -0.911. The van der Waals surface area contributed by atoms with Crippen molar-refractivity contribution in [3.05, 3.63) is 40.3 Å². The maximum atomic E-state index is 11.0. The van der Waals surface area contributed by atoms with E-state index in [0.717, 1.165) is 17.3 Å². The largest absolute Gasteiger partial charge is 0.478 e. The van der Waals surface area contributed by atoms with E-state index in [0.29, 0.717) is 4.91 Å². The minimum Gasteiger partial charge on any atom is -0.478 e. The van der Waals surface area contributed by atoms with E-state index in [1.807, 2.05) is 0 Å². The van der Waals surface area contributed by atoms with Crippen molar-refractivity contribution < 1.29 is 14.7 Å². The van der Waals surface area contributed by atoms with Gasteiger partial charge >= 0.3 is 5.97 Å². The van der Waals surface area contributed by atoms with Gasteiger partial charge in [-0.15, -0.1) is 0 Å². The number of carboxylic acids is 1. The van der Waals surface area contributed by atoms with Crippen molar-refractivity contribution in [1.82, 2.24) is 5.32 Å². The number of thioether (sulfide) groups is 1. The van der Waals surface area contributed by atoms with Crippen molar-refractivity contribution in [2.45, 2.75) is 0 Å². The maximum Gasteiger partial charge on any atom is 0.335 e. The Morgan fingerprint density at radius 2 is 2.00 bits per heavy atom. The molecule has 0 aliphatic carbocycles. The first kappa shape index (κ1) is 11.4. The van der Waals surface area contributed by atoms with Gasteiger partial charge in [0.25, 0.3) is 5.24 Å². The Kier molecular flexibility index (Phi) is 2.97. The monoisotopic (exact) mass is 248 g/mol. The highest BCUT2D eigenvalue weighted by molar-refractivity contribution is 8.18. The van der Waals surface area contributed by atoms with Crippen molar-refractivity contribution in [3.63, 3.8) is 0 Å². The van der Waals surface area contributed by atoms with Crippen molar-refractivity contribution in [1.29, 1.82) is 5.41 Å². The van der Waals surface area contributed by atoms with Crippen LogP contribution in [0.5, 0.6) is 0 Å². The minimum absolute atomic E-state index is 0.0716. The Bertz CT molecular complexity index is 534. The van der Waals surface area contributed by atoms with Crippen LogP contribution in [0.1, 0.15) is 15.9 Å². The molecule has 1 aromatic rings. The molecule has 1 fully saturated rings. The van der Waals surface area contributed by atoms with Crippen molar-refractivity contribution in [3.8, 4) is 0 Å². The zero-order valence-corrected chi connectivity index (χ0v) is 9.38. The number of carbonyl (C=O) groups excluding carboxylic acids is 1. The first-order valence-electron chi connectivity index (χ1n) is 4.69. The van der Waals surface area contributed by atoms with E-state index in [1.165, 1.54) is 12.1 Å². The van der Waals surface area contributed by atoms with Gasteiger partial charge in [-0.25, -0.2) is 4.79 Å². The molecule has 1 amide bonds. The third-order valence-electron chi connectivity index (χ3n) is 2.13. The Balaban J connectivity index is 2.24. The number of carboxylic acid groups (broad SMARTS) is 1. The normalized spacial score (nSPS) is 17.3. The molecule has 0 unspecified atom stereocenters. The molecular weight excluding hydrogens is 240 g/mol. The molecule has 0 atom stereocenters. The van der Waals surface area contributed by atoms with Gasteiger partial charge in [-0.05, 0) is 35.5 Å². The molecular formula is C11H8N2O3S. The van der Waals surface area contributed by atoms with E-state index in [-0.39, 0.29) is 16.6 Å². The average molecular weight is 248 g/mol. The molecule has 6 heteroatoms. The van der Waals surface area contributed by atoms with E-state index in [1.54, 1.807) is 18.2 Å². The van der Waals surface area contributed by atoms with Crippen LogP contribution in [-0.4, -0.2) is 22.2 Å². The van der Waals surface area contributed by atoms with Crippen LogP contribution in [0.3, 0.4) is 0 Å². The maximum absolute atomic E-state index is 11.0. The van der Waals surface area contributed by atoms with Gasteiger partial charge in [0.15, 0.2) is 0 Å². The number of rotatable bonds is 2. The molecule has 1 heterocycles. The number of benzene rings is 1. The smallest absolute Gasteiger partial charge is 0.335 e. The van der Waals surface area contributed by atoms with Gasteiger partial charge in [0.05, 0.1) is 10.5 Å². The Hall–Kier alpha value is -2.08. The Morgan fingerprint density at radius 3 is 2.47 bits per heavy atom. The molecule has 1 aliphatic rings. The predicted molar refractivity (Wildman–Crippen MR) is 65.2 cm³/mol. The minimum atomic E-state index is -0.982. The molecule has 5 nitrogen and oxygen atoms in total. The first-order valence-corrected chi connectivity index (χ1v) is 5.51. The van der Waals surface area contributed by atoms with Crippen molar-refractivity contribution in [2.24, 2.45) is 0 Å². The highest BCUT2D eigenvalue weighted by atomic mass is 32.2. The van der Waals surface area contributed by atoms with Crippen LogP contribution >= 0.6 is 11.8 Å². The number of hydrogen-bond donors (Lipinski definition) is 3. The lowest BCUT2D eigenvalue weighted by Gasteiger charge is -1.97. The van der Waals surface area contributed by atoms with Crippen LogP contribution in [0.25, 0.3) is 6.08 Å². The van der Waals surface area contributed by atoms with Gasteiger partial charge < -0.3 is 10.4 Å². The van der Waals surface area contributed by atoms with Gasteiger partial charge in [-0.2, -0.15) is 0 Å². The van der Waals surface area contributed by atoms with Crippen LogP contribution in [0.4, 0.5) is 4.79 Å². The summed E-state index contributed by atoms with van der Waals surface area (Å²) in [6, 6.07) is 6.22. The van der Waals surface area contributed by atoms with Crippen LogP contribution in [-0.2, 0) is 0 Å². The summed E-state index contributed by atoms with van der Waals surface area (Å²) in [4.78, 5) is 22.2. The molecule has 2 rings (SSSR count). The van der Waals surface area contributed by atoms with Crippen LogP contribution < -0.4 is 5.32 Å². The number of nitrogens with one attached hydrogen (secondary N) is 2. The Morgan fingerprint density at radius 1 is 1.35 bits per heavy atom. The fourth-order valence-electron chi connectivity index (χ4n) is 1.32. The molecule has 1 aromatic carbocycles. The highest BCUT2D eigenvalue weighted by Gasteiger charge is 2.21. The summed E-state index contributed by atoms with van der Waals surface area (Å²) in [6.07, 6.45) is 1.66. The van der Waals surface area contributed by atoms with Gasteiger partial charge in [-0.3, -0.25) is 10.2 Å². The second-order valence-electron chi connectivity index (χ2n) is 3.33. The van der Waals surface area contributed by atoms with E-state index >= 15 is 0 Å². The lowest BCUT2D eigenvalue weighted by atomic mass is 10.1. The summed E-state index contributed by atoms with van der Waals surface area (Å²) >= 11 is 0.949. The second kappa shape index (κ2) is 4.42. The fraction of sp³-hybridized carbons (Fsp3) is 0. The summed E-state index contributed by atoms with van der Waals surface area (Å²) < 4.78 is 0. The SMILES string of the molecule is N=C1NC(=O)SC1=Cc1ccc(C(=O)O)cc1. The van der Waals surface area contributed by atoms with Gasteiger partial charge in [0.1, 0.15) is 5.84 Å². The fourth-order valence-corrected chi connectivity index (χ4v) is 2.02. The topological polar surface area (TPSA) is 90.3 Å². The molecule has 86 valence electrons. The third-order valence-corrected chi connectivity index (χ3v) is 2.96. The number of carbonyl (C=O) groups is 2. The lowest BCUT2D eigenvalue weighted by molar-refractivity contribution is 0.0697. The molecule has 17 heavy (non-hydrogen) atoms. The van der Waals surface area contributed by atoms with E-state index < -0.39 is 5.97 Å². The van der Waals surface area contributed by atoms with Crippen molar-refractivity contribution >= 4 is 34.9 Å². The van der Waals surface area contributed by atoms with Gasteiger partial charge in [0.2, 0.25) is 0 Å². The average Bonchev–Trinajstić information content (AvgIpc) is 2.58. The number of aromatic carboxylic acids is 1. The van der Waals surface area contributed by atoms with E-state index in [4.69, 9.17) is 10.5 Å². The van der Waals surface area contributed by atoms with Crippen LogP contribution in [0.2, 0.25) is 0 Å². The number of amides is 1. The van der Waals surface area contributed by atoms with Crippen molar-refractivity contribution in [2.75, 3.05) is 0 Å². The molecule has 0 radical (unpaired) electrons. The predicted octanol–water partition coefficient (Wildman–Crippen LogP) is 2.16. The Labute approximate surface area is 101 Å². The van der Waals surface area contributed by atoms with Gasteiger partial charge in [0, 0.05) is 0 Å². The van der Waals surface area contributed by atoms with Crippen LogP contribution in [0, 0.1) is 5.41 Å². The summed E-state index contributed by atoms with van der Waals surface area (Å²) in [5.41, 5.74) is 0.953. The summed E-state index contributed by atoms with van der Waals surface area (Å²) in [5, 5.41) is 18.3. The highest BCUT2D eigenvalue weighted by Crippen LogP contribution is 2.25. The van der Waals surface area contributed by atoms with E-state index in [9.17, 15) is 9.59 Å². The molecule has 0 saturated carbocycles. The third kappa shape index (κ3) is 2.54. The zero-order chi connectivity index (χ0) is 12.4. The number of hydrogen-bond acceptors (Lipinski definition) is 4. The van der Waals surface area contributed by atoms with Crippen LogP contribution in [0.15, 0.2) is 29.2 Å². The molecule has 0 bridgehead atoms. The van der Waals surface area contributed by atoms with Gasteiger partial charge in [-0.1, -0.05) is 12.1 Å². The van der Waals surface area contributed by atoms with E-state index in [2.05, 4.69) is 5.32 Å². The molecule has 1 saturated heterocycles.